The van der Waals surface area contributed by atoms with Crippen molar-refractivity contribution < 1.29 is 48.7 Å². The molecule has 342 valence electrons. The molecule has 2 fully saturated rings. The molecule has 1 aliphatic heterocycles. The largest absolute Gasteiger partial charge is 0.508 e. The number of benzene rings is 1. The lowest BCUT2D eigenvalue weighted by molar-refractivity contribution is -0.120. The lowest BCUT2D eigenvalue weighted by Gasteiger charge is -2.50. The molecule has 13 heteroatoms. The number of aryl methyl sites for hydroxylation is 1. The van der Waals surface area contributed by atoms with Gasteiger partial charge in [-0.15, -0.1) is 0 Å². The smallest absolute Gasteiger partial charge is 0.405 e. The Bertz CT molecular complexity index is 2100. The van der Waals surface area contributed by atoms with Crippen molar-refractivity contribution in [2.45, 2.75) is 122 Å². The van der Waals surface area contributed by atoms with Gasteiger partial charge >= 0.3 is 6.09 Å². The van der Waals surface area contributed by atoms with E-state index < -0.39 is 60.0 Å². The normalized spacial score (nSPS) is 36.5. The Morgan fingerprint density at radius 1 is 1.06 bits per heavy atom. The number of nitrogens with one attached hydrogen (secondary N) is 2. The lowest BCUT2D eigenvalue weighted by Crippen LogP contribution is -2.44. The summed E-state index contributed by atoms with van der Waals surface area (Å²) in [7, 11) is 2.94. The third-order valence-corrected chi connectivity index (χ3v) is 14.6. The fraction of sp³-hybridized carbons (Fsp3) is 0.560. The standard InChI is InChI=1S/C50H67N3O10/c1-27-21-37-43(52-20-9-8-12-32-25-38-36-16-14-31-24-33(54)15-17-34(31)35(36)18-19-50(38,5)47(32)58)40(55)26-39(45(37)57)53-48(59)28(2)11-10-13-41(61-6)46(63-49(51)60)30(4)23-29(3)44(56)42(22-27)62-7/h8-11,13,15,17,23-24,26-27,29,32,35-36,38,41-42,44,46-47,52,54,56,58H,12,14,16,18-22,25H2,1-7H3,(H2,51,60)(H,53,59)/b9-8+,13-10-,28-11+,30-23+/t27-,29+,32+,35+,36+,38-,41+,42+,44-,46+,47-,50-/m0/s1. The van der Waals surface area contributed by atoms with E-state index in [4.69, 9.17) is 19.9 Å². The summed E-state index contributed by atoms with van der Waals surface area (Å²) in [5.74, 6) is -0.485. The lowest BCUT2D eigenvalue weighted by atomic mass is 9.55. The number of hydrogen-bond acceptors (Lipinski definition) is 11. The molecule has 4 aliphatic carbocycles. The summed E-state index contributed by atoms with van der Waals surface area (Å²) in [6.07, 6.45) is 12.8. The van der Waals surface area contributed by atoms with Gasteiger partial charge in [0.15, 0.2) is 6.10 Å². The van der Waals surface area contributed by atoms with Crippen molar-refractivity contribution >= 4 is 23.6 Å². The molecule has 7 N–H and O–H groups in total. The molecule has 0 spiro atoms. The van der Waals surface area contributed by atoms with Crippen molar-refractivity contribution in [3.63, 3.8) is 0 Å². The number of nitrogens with two attached hydrogens (primary N) is 1. The number of carbonyl (C=O) groups is 4. The molecule has 0 saturated heterocycles. The number of rotatable bonds is 8. The zero-order valence-corrected chi connectivity index (χ0v) is 37.8. The van der Waals surface area contributed by atoms with Crippen LogP contribution in [-0.2, 0) is 35.0 Å². The molecule has 2 amide bonds. The number of hydrogen-bond donors (Lipinski definition) is 6. The topological polar surface area (TPSA) is 207 Å². The minimum Gasteiger partial charge on any atom is -0.508 e. The molecule has 1 heterocycles. The summed E-state index contributed by atoms with van der Waals surface area (Å²) in [6.45, 7) is 9.56. The van der Waals surface area contributed by atoms with Gasteiger partial charge in [0.05, 0.1) is 29.7 Å². The number of aliphatic hydroxyl groups excluding tert-OH is 2. The van der Waals surface area contributed by atoms with Crippen LogP contribution < -0.4 is 16.4 Å². The Morgan fingerprint density at radius 2 is 1.83 bits per heavy atom. The summed E-state index contributed by atoms with van der Waals surface area (Å²) in [4.78, 5) is 53.3. The van der Waals surface area contributed by atoms with Crippen molar-refractivity contribution in [3.05, 3.63) is 100.0 Å². The molecule has 0 aromatic heterocycles. The van der Waals surface area contributed by atoms with E-state index >= 15 is 0 Å². The molecule has 63 heavy (non-hydrogen) atoms. The number of fused-ring (bicyclic) bond motifs is 7. The summed E-state index contributed by atoms with van der Waals surface area (Å²) >= 11 is 0. The van der Waals surface area contributed by atoms with Crippen LogP contribution in [0.1, 0.15) is 96.6 Å². The number of carbonyl (C=O) groups excluding carboxylic acids is 4. The van der Waals surface area contributed by atoms with Crippen LogP contribution in [0.2, 0.25) is 0 Å². The number of primary amides is 1. The van der Waals surface area contributed by atoms with E-state index in [-0.39, 0.29) is 52.8 Å². The number of ketones is 2. The molecular formula is C50H67N3O10. The number of methoxy groups -OCH3 is 2. The van der Waals surface area contributed by atoms with Crippen LogP contribution in [0, 0.1) is 35.0 Å². The Hall–Kier alpha value is -4.82. The van der Waals surface area contributed by atoms with E-state index in [1.807, 2.05) is 26.0 Å². The van der Waals surface area contributed by atoms with Gasteiger partial charge in [0.25, 0.3) is 5.91 Å². The van der Waals surface area contributed by atoms with Crippen LogP contribution >= 0.6 is 0 Å². The van der Waals surface area contributed by atoms with Crippen LogP contribution in [0.3, 0.4) is 0 Å². The van der Waals surface area contributed by atoms with E-state index in [1.165, 1.54) is 31.4 Å². The summed E-state index contributed by atoms with van der Waals surface area (Å²) in [6, 6.07) is 5.81. The maximum atomic E-state index is 14.2. The van der Waals surface area contributed by atoms with Gasteiger partial charge in [-0.1, -0.05) is 63.3 Å². The van der Waals surface area contributed by atoms with Gasteiger partial charge in [0.1, 0.15) is 11.9 Å². The molecule has 12 atom stereocenters. The number of amides is 2. The van der Waals surface area contributed by atoms with Crippen LogP contribution in [0.4, 0.5) is 4.79 Å². The average molecular weight is 870 g/mol. The molecule has 2 saturated carbocycles. The molecule has 5 aliphatic rings. The van der Waals surface area contributed by atoms with Gasteiger partial charge < -0.3 is 45.9 Å². The molecule has 1 aromatic rings. The highest BCUT2D eigenvalue weighted by Crippen LogP contribution is 2.62. The summed E-state index contributed by atoms with van der Waals surface area (Å²) in [5, 5.41) is 39.2. The number of ether oxygens (including phenoxy) is 3. The van der Waals surface area contributed by atoms with E-state index in [0.717, 1.165) is 38.2 Å². The highest BCUT2D eigenvalue weighted by atomic mass is 16.6. The number of allylic oxidation sites excluding steroid dienone is 5. The fourth-order valence-electron chi connectivity index (χ4n) is 11.2. The molecule has 2 bridgehead atoms. The van der Waals surface area contributed by atoms with Gasteiger partial charge in [0.2, 0.25) is 11.6 Å². The zero-order chi connectivity index (χ0) is 45.7. The minimum absolute atomic E-state index is 0.0998. The number of phenolic OH excluding ortho intramolecular Hbond substituents is 1. The van der Waals surface area contributed by atoms with Gasteiger partial charge in [-0.05, 0) is 129 Å². The van der Waals surface area contributed by atoms with Crippen molar-refractivity contribution in [2.24, 2.45) is 40.7 Å². The Kier molecular flexibility index (Phi) is 15.4. The first kappa shape index (κ1) is 47.7. The predicted molar refractivity (Wildman–Crippen MR) is 239 cm³/mol. The number of phenols is 1. The molecule has 1 aromatic carbocycles. The number of Topliss-reactive ketones (excluding diaryl/α,β-unsaturated/α-hetero) is 1. The number of aliphatic hydroxyl groups is 2. The van der Waals surface area contributed by atoms with Crippen molar-refractivity contribution in [1.82, 2.24) is 10.6 Å². The van der Waals surface area contributed by atoms with Gasteiger partial charge in [0, 0.05) is 43.9 Å². The fourth-order valence-corrected chi connectivity index (χ4v) is 11.2. The predicted octanol–water partition coefficient (Wildman–Crippen LogP) is 6.15. The Morgan fingerprint density at radius 3 is 2.54 bits per heavy atom. The van der Waals surface area contributed by atoms with Crippen molar-refractivity contribution in [3.8, 4) is 5.75 Å². The monoisotopic (exact) mass is 869 g/mol. The van der Waals surface area contributed by atoms with Crippen LogP contribution in [0.25, 0.3) is 0 Å². The van der Waals surface area contributed by atoms with Gasteiger partial charge in [-0.2, -0.15) is 0 Å². The van der Waals surface area contributed by atoms with Crippen LogP contribution in [0.5, 0.6) is 5.75 Å². The third-order valence-electron chi connectivity index (χ3n) is 14.6. The molecule has 13 nitrogen and oxygen atoms in total. The quantitative estimate of drug-likeness (QED) is 0.129. The Balaban J connectivity index is 1.19. The maximum absolute atomic E-state index is 14.2. The van der Waals surface area contributed by atoms with Gasteiger partial charge in [-0.25, -0.2) is 4.79 Å². The first-order valence-electron chi connectivity index (χ1n) is 22.4. The first-order valence-corrected chi connectivity index (χ1v) is 22.4. The molecular weight excluding hydrogens is 803 g/mol. The molecule has 6 rings (SSSR count). The van der Waals surface area contributed by atoms with Crippen LogP contribution in [0.15, 0.2) is 88.8 Å². The minimum atomic E-state index is -1.01. The second kappa shape index (κ2) is 20.3. The zero-order valence-electron chi connectivity index (χ0n) is 37.8. The second-order valence-corrected chi connectivity index (χ2v) is 18.8. The second-order valence-electron chi connectivity index (χ2n) is 18.8. The highest BCUT2D eigenvalue weighted by Gasteiger charge is 2.57. The van der Waals surface area contributed by atoms with E-state index in [9.17, 15) is 34.5 Å². The van der Waals surface area contributed by atoms with Crippen molar-refractivity contribution in [2.75, 3.05) is 20.8 Å². The van der Waals surface area contributed by atoms with Gasteiger partial charge in [-0.3, -0.25) is 14.4 Å². The van der Waals surface area contributed by atoms with E-state index in [0.29, 0.717) is 41.9 Å². The SMILES string of the molecule is CO[C@@H]1/C=C\C=C(/C)C(=O)NC2=CC(=O)C(NC/C=C/C[C@@H]3C[C@H]4[C@@H]5CCc6cc(O)ccc6[C@H]5CC[C@]4(C)[C@H]3O)=C(C[C@H](C)C[C@@H](OC)[C@@H](O)[C@H](C)/C=C(\C)[C@H]1OC(N)=O)C2=O. The first-order chi connectivity index (χ1) is 30.0. The van der Waals surface area contributed by atoms with E-state index in [2.05, 4.69) is 29.7 Å². The van der Waals surface area contributed by atoms with Crippen LogP contribution in [-0.4, -0.2) is 90.2 Å². The maximum Gasteiger partial charge on any atom is 0.405 e. The third kappa shape index (κ3) is 10.4. The summed E-state index contributed by atoms with van der Waals surface area (Å²) in [5.41, 5.74) is 8.92. The molecule has 0 unspecified atom stereocenters. The van der Waals surface area contributed by atoms with Crippen molar-refractivity contribution in [1.29, 1.82) is 0 Å². The molecule has 0 radical (unpaired) electrons. The van der Waals surface area contributed by atoms with E-state index in [1.54, 1.807) is 38.1 Å². The average Bonchev–Trinajstić information content (AvgIpc) is 3.50. The number of aromatic hydroxyl groups is 1. The highest BCUT2D eigenvalue weighted by molar-refractivity contribution is 6.23. The Labute approximate surface area is 371 Å². The summed E-state index contributed by atoms with van der Waals surface area (Å²) < 4.78 is 16.8.